The van der Waals surface area contributed by atoms with Crippen molar-refractivity contribution in [2.45, 2.75) is 33.4 Å². The Hall–Kier alpha value is -1.73. The van der Waals surface area contributed by atoms with Crippen molar-refractivity contribution >= 4 is 0 Å². The highest BCUT2D eigenvalue weighted by Gasteiger charge is 2.19. The van der Waals surface area contributed by atoms with E-state index in [1.54, 1.807) is 0 Å². The molecule has 0 spiro atoms. The van der Waals surface area contributed by atoms with Crippen LogP contribution in [-0.2, 0) is 19.5 Å². The Balaban J connectivity index is 1.46. The predicted molar refractivity (Wildman–Crippen MR) is 75.5 cm³/mol. The normalized spacial score (nSPS) is 17.4. The van der Waals surface area contributed by atoms with Crippen LogP contribution in [0.3, 0.4) is 0 Å². The summed E-state index contributed by atoms with van der Waals surface area (Å²) in [5, 5.41) is 12.1. The lowest BCUT2D eigenvalue weighted by atomic mass is 10.3. The first kappa shape index (κ1) is 14.2. The first-order valence-electron chi connectivity index (χ1n) is 7.41. The van der Waals surface area contributed by atoms with E-state index in [1.165, 1.54) is 0 Å². The molecule has 7 nitrogen and oxygen atoms in total. The number of aryl methyl sites for hydroxylation is 2. The van der Waals surface area contributed by atoms with Gasteiger partial charge in [0.1, 0.15) is 5.76 Å². The Bertz CT molecular complexity index is 571. The van der Waals surface area contributed by atoms with Crippen LogP contribution in [0, 0.1) is 6.92 Å². The highest BCUT2D eigenvalue weighted by Crippen LogP contribution is 2.11. The molecule has 0 saturated carbocycles. The van der Waals surface area contributed by atoms with Crippen molar-refractivity contribution in [3.05, 3.63) is 29.3 Å². The summed E-state index contributed by atoms with van der Waals surface area (Å²) >= 11 is 0. The summed E-state index contributed by atoms with van der Waals surface area (Å²) in [4.78, 5) is 4.73. The molecule has 0 unspecified atom stereocenters. The summed E-state index contributed by atoms with van der Waals surface area (Å²) in [7, 11) is 0. The molecule has 2 aromatic heterocycles. The summed E-state index contributed by atoms with van der Waals surface area (Å²) in [6, 6.07) is 2.00. The van der Waals surface area contributed by atoms with E-state index in [2.05, 4.69) is 25.2 Å². The molecule has 7 heteroatoms. The molecule has 2 aromatic rings. The lowest BCUT2D eigenvalue weighted by Crippen LogP contribution is -2.45. The van der Waals surface area contributed by atoms with Crippen molar-refractivity contribution in [3.8, 4) is 0 Å². The van der Waals surface area contributed by atoms with E-state index < -0.39 is 0 Å². The lowest BCUT2D eigenvalue weighted by molar-refractivity contribution is 0.112. The summed E-state index contributed by atoms with van der Waals surface area (Å²) < 4.78 is 10.7. The Morgan fingerprint density at radius 2 is 1.71 bits per heavy atom. The smallest absolute Gasteiger partial charge is 0.230 e. The van der Waals surface area contributed by atoms with Gasteiger partial charge in [-0.05, 0) is 6.92 Å². The first-order valence-corrected chi connectivity index (χ1v) is 7.41. The summed E-state index contributed by atoms with van der Waals surface area (Å²) in [5.41, 5.74) is 1.01. The molecule has 3 heterocycles. The maximum Gasteiger partial charge on any atom is 0.230 e. The maximum absolute atomic E-state index is 5.56. The molecule has 1 aliphatic heterocycles. The van der Waals surface area contributed by atoms with Crippen LogP contribution in [0.5, 0.6) is 0 Å². The van der Waals surface area contributed by atoms with Gasteiger partial charge in [0.15, 0.2) is 0 Å². The van der Waals surface area contributed by atoms with Crippen LogP contribution < -0.4 is 0 Å². The minimum atomic E-state index is 0.713. The van der Waals surface area contributed by atoms with E-state index in [-0.39, 0.29) is 0 Å². The zero-order chi connectivity index (χ0) is 14.7. The highest BCUT2D eigenvalue weighted by atomic mass is 16.5. The van der Waals surface area contributed by atoms with Gasteiger partial charge < -0.3 is 8.94 Å². The second-order valence-corrected chi connectivity index (χ2v) is 5.42. The number of rotatable bonds is 5. The molecule has 0 atom stereocenters. The van der Waals surface area contributed by atoms with Crippen LogP contribution in [0.4, 0.5) is 0 Å². The zero-order valence-corrected chi connectivity index (χ0v) is 12.6. The van der Waals surface area contributed by atoms with Gasteiger partial charge in [-0.25, -0.2) is 0 Å². The topological polar surface area (TPSA) is 71.4 Å². The van der Waals surface area contributed by atoms with E-state index in [4.69, 9.17) is 8.94 Å². The van der Waals surface area contributed by atoms with Crippen molar-refractivity contribution in [1.82, 2.24) is 25.2 Å². The van der Waals surface area contributed by atoms with E-state index in [0.29, 0.717) is 11.8 Å². The molecule has 0 radical (unpaired) electrons. The largest absolute Gasteiger partial charge is 0.424 e. The fraction of sp³-hybridized carbons (Fsp3) is 0.643. The number of piperazine rings is 1. The van der Waals surface area contributed by atoms with Gasteiger partial charge in [0, 0.05) is 45.2 Å². The van der Waals surface area contributed by atoms with Gasteiger partial charge in [-0.3, -0.25) is 9.80 Å². The molecule has 0 aliphatic carbocycles. The monoisotopic (exact) mass is 291 g/mol. The highest BCUT2D eigenvalue weighted by molar-refractivity contribution is 5.03. The van der Waals surface area contributed by atoms with E-state index in [0.717, 1.165) is 57.1 Å². The molecule has 0 N–H and O–H groups in total. The molecular formula is C14H21N5O2. The SMILES string of the molecule is CCc1nnc(CN2CCN(Cc3cc(C)on3)CC2)o1. The molecule has 1 fully saturated rings. The molecule has 1 aliphatic rings. The van der Waals surface area contributed by atoms with Crippen molar-refractivity contribution < 1.29 is 8.94 Å². The molecular weight excluding hydrogens is 270 g/mol. The van der Waals surface area contributed by atoms with Crippen molar-refractivity contribution in [2.24, 2.45) is 0 Å². The Kier molecular flexibility index (Phi) is 4.31. The average molecular weight is 291 g/mol. The predicted octanol–water partition coefficient (Wildman–Crippen LogP) is 1.25. The Morgan fingerprint density at radius 1 is 1.05 bits per heavy atom. The first-order chi connectivity index (χ1) is 10.2. The van der Waals surface area contributed by atoms with Crippen molar-refractivity contribution in [2.75, 3.05) is 26.2 Å². The molecule has 21 heavy (non-hydrogen) atoms. The number of hydrogen-bond acceptors (Lipinski definition) is 7. The summed E-state index contributed by atoms with van der Waals surface area (Å²) in [6.45, 7) is 9.56. The summed E-state index contributed by atoms with van der Waals surface area (Å²) in [5.74, 6) is 2.30. The van der Waals surface area contributed by atoms with Gasteiger partial charge in [-0.2, -0.15) is 0 Å². The minimum Gasteiger partial charge on any atom is -0.424 e. The van der Waals surface area contributed by atoms with Crippen molar-refractivity contribution in [3.63, 3.8) is 0 Å². The van der Waals surface area contributed by atoms with Crippen LogP contribution in [-0.4, -0.2) is 51.3 Å². The van der Waals surface area contributed by atoms with Crippen LogP contribution in [0.2, 0.25) is 0 Å². The standard InChI is InChI=1S/C14H21N5O2/c1-3-13-15-16-14(20-13)10-19-6-4-18(5-7-19)9-12-8-11(2)21-17-12/h8H,3-7,9-10H2,1-2H3. The molecule has 114 valence electrons. The van der Waals surface area contributed by atoms with Crippen LogP contribution in [0.25, 0.3) is 0 Å². The third kappa shape index (κ3) is 3.68. The third-order valence-corrected chi connectivity index (χ3v) is 3.70. The van der Waals surface area contributed by atoms with Gasteiger partial charge in [-0.15, -0.1) is 10.2 Å². The van der Waals surface area contributed by atoms with E-state index >= 15 is 0 Å². The number of hydrogen-bond donors (Lipinski definition) is 0. The van der Waals surface area contributed by atoms with Crippen LogP contribution in [0.1, 0.15) is 30.2 Å². The van der Waals surface area contributed by atoms with Crippen LogP contribution in [0.15, 0.2) is 15.0 Å². The fourth-order valence-corrected chi connectivity index (χ4v) is 2.51. The Morgan fingerprint density at radius 3 is 2.29 bits per heavy atom. The second-order valence-electron chi connectivity index (χ2n) is 5.42. The molecule has 3 rings (SSSR count). The number of nitrogens with zero attached hydrogens (tertiary/aromatic N) is 5. The molecule has 0 amide bonds. The maximum atomic E-state index is 5.56. The van der Waals surface area contributed by atoms with Crippen LogP contribution >= 0.6 is 0 Å². The quantitative estimate of drug-likeness (QED) is 0.820. The van der Waals surface area contributed by atoms with Gasteiger partial charge in [0.2, 0.25) is 11.8 Å². The third-order valence-electron chi connectivity index (χ3n) is 3.70. The van der Waals surface area contributed by atoms with Gasteiger partial charge in [0.25, 0.3) is 0 Å². The lowest BCUT2D eigenvalue weighted by Gasteiger charge is -2.33. The number of aromatic nitrogens is 3. The Labute approximate surface area is 123 Å². The van der Waals surface area contributed by atoms with Crippen molar-refractivity contribution in [1.29, 1.82) is 0 Å². The average Bonchev–Trinajstić information content (AvgIpc) is 3.10. The second kappa shape index (κ2) is 6.36. The molecule has 0 bridgehead atoms. The zero-order valence-electron chi connectivity index (χ0n) is 12.6. The van der Waals surface area contributed by atoms with Gasteiger partial charge in [0.05, 0.1) is 12.2 Å². The fourth-order valence-electron chi connectivity index (χ4n) is 2.51. The van der Waals surface area contributed by atoms with Gasteiger partial charge in [-0.1, -0.05) is 12.1 Å². The van der Waals surface area contributed by atoms with Gasteiger partial charge >= 0.3 is 0 Å². The minimum absolute atomic E-state index is 0.713. The van der Waals surface area contributed by atoms with E-state index in [1.807, 2.05) is 19.9 Å². The van der Waals surface area contributed by atoms with E-state index in [9.17, 15) is 0 Å². The summed E-state index contributed by atoms with van der Waals surface area (Å²) in [6.07, 6.45) is 0.790. The molecule has 1 saturated heterocycles. The molecule has 0 aromatic carbocycles.